The Hall–Kier alpha value is -3.49. The van der Waals surface area contributed by atoms with Gasteiger partial charge in [-0.15, -0.1) is 0 Å². The minimum Gasteiger partial charge on any atom is -0.369 e. The lowest BCUT2D eigenvalue weighted by atomic mass is 9.93. The fourth-order valence-electron chi connectivity index (χ4n) is 4.27. The summed E-state index contributed by atoms with van der Waals surface area (Å²) in [6.07, 6.45) is 4.84. The van der Waals surface area contributed by atoms with E-state index in [1.165, 1.54) is 0 Å². The van der Waals surface area contributed by atoms with Gasteiger partial charge in [0.15, 0.2) is 11.6 Å². The fourth-order valence-corrected chi connectivity index (χ4v) is 4.27. The minimum absolute atomic E-state index is 0.0676. The molecule has 5 rings (SSSR count). The number of likely N-dealkylation sites (tertiary alicyclic amines) is 1. The highest BCUT2D eigenvalue weighted by Gasteiger charge is 2.37. The third kappa shape index (κ3) is 3.26. The van der Waals surface area contributed by atoms with Crippen molar-refractivity contribution >= 4 is 28.7 Å². The summed E-state index contributed by atoms with van der Waals surface area (Å²) in [5, 5.41) is 0. The number of hydrogen-bond donors (Lipinski definition) is 2. The fraction of sp³-hybridized carbons (Fsp3) is 0.381. The third-order valence-electron chi connectivity index (χ3n) is 6.05. The van der Waals surface area contributed by atoms with Crippen LogP contribution in [0, 0.1) is 5.92 Å². The van der Waals surface area contributed by atoms with E-state index in [1.54, 1.807) is 17.3 Å². The van der Waals surface area contributed by atoms with Gasteiger partial charge in [-0.2, -0.15) is 0 Å². The number of nitrogens with two attached hydrogens (primary N) is 1. The number of imidazole rings is 1. The van der Waals surface area contributed by atoms with E-state index in [1.807, 2.05) is 24.3 Å². The average Bonchev–Trinajstić information content (AvgIpc) is 3.17. The number of carbonyl (C=O) groups excluding carboxylic acids is 2. The van der Waals surface area contributed by atoms with Crippen LogP contribution in [0.5, 0.6) is 0 Å². The highest BCUT2D eigenvalue weighted by atomic mass is 16.2. The number of carbonyl (C=O) groups is 2. The van der Waals surface area contributed by atoms with Crippen molar-refractivity contribution in [3.8, 4) is 0 Å². The number of benzene rings is 1. The van der Waals surface area contributed by atoms with Crippen molar-refractivity contribution in [3.63, 3.8) is 0 Å². The van der Waals surface area contributed by atoms with E-state index >= 15 is 0 Å². The summed E-state index contributed by atoms with van der Waals surface area (Å²) in [6.45, 7) is 2.62. The van der Waals surface area contributed by atoms with Gasteiger partial charge in [0, 0.05) is 50.4 Å². The Kier molecular flexibility index (Phi) is 4.57. The summed E-state index contributed by atoms with van der Waals surface area (Å²) >= 11 is 0. The van der Waals surface area contributed by atoms with Crippen molar-refractivity contribution in [2.45, 2.75) is 18.8 Å². The molecule has 2 amide bonds. The Bertz CT molecular complexity index is 1060. The SMILES string of the molecule is NC(=O)C1CCN(c2nccnc2C2CN(C(=O)c3nc4ccccc4[nH]3)C2)CC1. The molecule has 2 aliphatic heterocycles. The molecule has 2 aliphatic rings. The van der Waals surface area contributed by atoms with Gasteiger partial charge >= 0.3 is 0 Å². The minimum atomic E-state index is -0.229. The molecule has 3 aromatic rings. The molecule has 30 heavy (non-hydrogen) atoms. The van der Waals surface area contributed by atoms with Crippen LogP contribution >= 0.6 is 0 Å². The first-order valence-electron chi connectivity index (χ1n) is 10.2. The van der Waals surface area contributed by atoms with Crippen molar-refractivity contribution < 1.29 is 9.59 Å². The number of piperidine rings is 1. The molecule has 1 aromatic carbocycles. The van der Waals surface area contributed by atoms with E-state index in [4.69, 9.17) is 5.73 Å². The van der Waals surface area contributed by atoms with Crippen LogP contribution in [0.15, 0.2) is 36.7 Å². The molecular formula is C21H23N7O2. The molecule has 9 nitrogen and oxygen atoms in total. The number of H-pyrrole nitrogens is 1. The van der Waals surface area contributed by atoms with Crippen molar-refractivity contribution in [2.75, 3.05) is 31.1 Å². The zero-order valence-corrected chi connectivity index (χ0v) is 16.5. The quantitative estimate of drug-likeness (QED) is 0.675. The first kappa shape index (κ1) is 18.5. The number of rotatable bonds is 4. The number of primary amides is 1. The van der Waals surface area contributed by atoms with Gasteiger partial charge in [0.25, 0.3) is 5.91 Å². The standard InChI is InChI=1S/C21H23N7O2/c22-18(29)13-5-9-27(10-6-13)20-17(23-7-8-24-20)14-11-28(12-14)21(30)19-25-15-3-1-2-4-16(15)26-19/h1-4,7-8,13-14H,5-6,9-12H2,(H2,22,29)(H,25,26). The van der Waals surface area contributed by atoms with Crippen molar-refractivity contribution in [1.82, 2.24) is 24.8 Å². The number of hydrogen-bond acceptors (Lipinski definition) is 6. The summed E-state index contributed by atoms with van der Waals surface area (Å²) in [5.41, 5.74) is 7.99. The Labute approximate surface area is 173 Å². The van der Waals surface area contributed by atoms with Crippen LogP contribution in [0.1, 0.15) is 35.1 Å². The molecular weight excluding hydrogens is 382 g/mol. The average molecular weight is 405 g/mol. The molecule has 0 aliphatic carbocycles. The second-order valence-corrected chi connectivity index (χ2v) is 7.94. The molecule has 3 N–H and O–H groups in total. The topological polar surface area (TPSA) is 121 Å². The van der Waals surface area contributed by atoms with E-state index in [9.17, 15) is 9.59 Å². The molecule has 4 heterocycles. The van der Waals surface area contributed by atoms with E-state index in [0.29, 0.717) is 18.9 Å². The first-order valence-corrected chi connectivity index (χ1v) is 10.2. The van der Waals surface area contributed by atoms with Crippen molar-refractivity contribution in [2.24, 2.45) is 11.7 Å². The normalized spacial score (nSPS) is 17.9. The lowest BCUT2D eigenvalue weighted by molar-refractivity contribution is -0.122. The lowest BCUT2D eigenvalue weighted by Crippen LogP contribution is -2.49. The monoisotopic (exact) mass is 405 g/mol. The number of fused-ring (bicyclic) bond motifs is 1. The van der Waals surface area contributed by atoms with Gasteiger partial charge in [0.1, 0.15) is 0 Å². The number of aromatic amines is 1. The Morgan fingerprint density at radius 2 is 1.80 bits per heavy atom. The van der Waals surface area contributed by atoms with E-state index in [0.717, 1.165) is 48.5 Å². The zero-order chi connectivity index (χ0) is 20.7. The maximum Gasteiger partial charge on any atom is 0.289 e. The van der Waals surface area contributed by atoms with Gasteiger partial charge in [-0.05, 0) is 25.0 Å². The number of nitrogens with one attached hydrogen (secondary N) is 1. The van der Waals surface area contributed by atoms with E-state index in [2.05, 4.69) is 24.8 Å². The summed E-state index contributed by atoms with van der Waals surface area (Å²) in [4.78, 5) is 44.8. The molecule has 2 aromatic heterocycles. The predicted octanol–water partition coefficient (Wildman–Crippen LogP) is 1.29. The van der Waals surface area contributed by atoms with Crippen LogP contribution in [0.4, 0.5) is 5.82 Å². The summed E-state index contributed by atoms with van der Waals surface area (Å²) in [7, 11) is 0. The third-order valence-corrected chi connectivity index (χ3v) is 6.05. The highest BCUT2D eigenvalue weighted by molar-refractivity contribution is 5.94. The van der Waals surface area contributed by atoms with Crippen LogP contribution in [0.25, 0.3) is 11.0 Å². The van der Waals surface area contributed by atoms with E-state index in [-0.39, 0.29) is 23.7 Å². The number of nitrogens with zero attached hydrogens (tertiary/aromatic N) is 5. The van der Waals surface area contributed by atoms with Gasteiger partial charge in [0.05, 0.1) is 16.7 Å². The zero-order valence-electron chi connectivity index (χ0n) is 16.5. The lowest BCUT2D eigenvalue weighted by Gasteiger charge is -2.40. The highest BCUT2D eigenvalue weighted by Crippen LogP contribution is 2.33. The van der Waals surface area contributed by atoms with Crippen LogP contribution in [0.3, 0.4) is 0 Å². The van der Waals surface area contributed by atoms with E-state index < -0.39 is 0 Å². The second-order valence-electron chi connectivity index (χ2n) is 7.94. The molecule has 0 radical (unpaired) electrons. The number of anilines is 1. The van der Waals surface area contributed by atoms with Crippen LogP contribution in [0.2, 0.25) is 0 Å². The van der Waals surface area contributed by atoms with Gasteiger partial charge in [-0.25, -0.2) is 9.97 Å². The second kappa shape index (κ2) is 7.40. The summed E-state index contributed by atoms with van der Waals surface area (Å²) in [6, 6.07) is 7.61. The molecule has 0 atom stereocenters. The Morgan fingerprint density at radius 1 is 1.07 bits per heavy atom. The number of aromatic nitrogens is 4. The maximum atomic E-state index is 12.8. The molecule has 0 spiro atoms. The Morgan fingerprint density at radius 3 is 2.53 bits per heavy atom. The van der Waals surface area contributed by atoms with Crippen molar-refractivity contribution in [1.29, 1.82) is 0 Å². The molecule has 2 saturated heterocycles. The largest absolute Gasteiger partial charge is 0.369 e. The summed E-state index contributed by atoms with van der Waals surface area (Å²) < 4.78 is 0. The maximum absolute atomic E-state index is 12.8. The van der Waals surface area contributed by atoms with Gasteiger partial charge in [0.2, 0.25) is 5.91 Å². The molecule has 0 saturated carbocycles. The smallest absolute Gasteiger partial charge is 0.289 e. The van der Waals surface area contributed by atoms with Gasteiger partial charge in [-0.1, -0.05) is 12.1 Å². The molecule has 9 heteroatoms. The first-order chi connectivity index (χ1) is 14.6. The van der Waals surface area contributed by atoms with Gasteiger partial charge < -0.3 is 20.5 Å². The number of para-hydroxylation sites is 2. The van der Waals surface area contributed by atoms with Crippen LogP contribution in [-0.2, 0) is 4.79 Å². The summed E-state index contributed by atoms with van der Waals surface area (Å²) in [5.74, 6) is 0.949. The van der Waals surface area contributed by atoms with Crippen LogP contribution in [-0.4, -0.2) is 62.8 Å². The molecule has 2 fully saturated rings. The van der Waals surface area contributed by atoms with Gasteiger partial charge in [-0.3, -0.25) is 14.6 Å². The Balaban J connectivity index is 1.27. The predicted molar refractivity (Wildman–Crippen MR) is 111 cm³/mol. The van der Waals surface area contributed by atoms with Crippen molar-refractivity contribution in [3.05, 3.63) is 48.2 Å². The molecule has 0 bridgehead atoms. The van der Waals surface area contributed by atoms with Crippen LogP contribution < -0.4 is 10.6 Å². The molecule has 0 unspecified atom stereocenters. The molecule has 154 valence electrons. The number of amides is 2.